The van der Waals surface area contributed by atoms with Gasteiger partial charge in [-0.2, -0.15) is 15.2 Å². The molecule has 3 aromatic rings. The zero-order valence-electron chi connectivity index (χ0n) is 15.2. The monoisotopic (exact) mass is 357 g/mol. The van der Waals surface area contributed by atoms with Gasteiger partial charge in [0.1, 0.15) is 6.10 Å². The average molecular weight is 357 g/mol. The van der Waals surface area contributed by atoms with Gasteiger partial charge in [0.05, 0.1) is 30.2 Å². The molecule has 1 atom stereocenters. The lowest BCUT2D eigenvalue weighted by Crippen LogP contribution is -2.33. The SMILES string of the molecule is CC(C)c1noc(CN2CCn3nc([C@H](O)c4ccnn4C)cc3C2)n1. The highest BCUT2D eigenvalue weighted by Gasteiger charge is 2.24. The quantitative estimate of drug-likeness (QED) is 0.733. The summed E-state index contributed by atoms with van der Waals surface area (Å²) < 4.78 is 8.97. The maximum absolute atomic E-state index is 10.6. The van der Waals surface area contributed by atoms with Gasteiger partial charge in [-0.1, -0.05) is 19.0 Å². The summed E-state index contributed by atoms with van der Waals surface area (Å²) in [6.45, 7) is 7.04. The second kappa shape index (κ2) is 6.65. The van der Waals surface area contributed by atoms with Crippen molar-refractivity contribution in [2.75, 3.05) is 6.54 Å². The third-order valence-corrected chi connectivity index (χ3v) is 4.67. The Balaban J connectivity index is 1.47. The van der Waals surface area contributed by atoms with Crippen LogP contribution in [0.25, 0.3) is 0 Å². The van der Waals surface area contributed by atoms with E-state index in [0.29, 0.717) is 18.1 Å². The van der Waals surface area contributed by atoms with Crippen molar-refractivity contribution < 1.29 is 9.63 Å². The molecule has 0 saturated heterocycles. The number of fused-ring (bicyclic) bond motifs is 1. The van der Waals surface area contributed by atoms with Crippen molar-refractivity contribution in [3.63, 3.8) is 0 Å². The zero-order chi connectivity index (χ0) is 18.3. The van der Waals surface area contributed by atoms with Crippen LogP contribution in [0.2, 0.25) is 0 Å². The van der Waals surface area contributed by atoms with E-state index in [9.17, 15) is 5.11 Å². The van der Waals surface area contributed by atoms with E-state index in [0.717, 1.165) is 36.8 Å². The minimum absolute atomic E-state index is 0.256. The Morgan fingerprint density at radius 3 is 2.85 bits per heavy atom. The highest BCUT2D eigenvalue weighted by atomic mass is 16.5. The molecule has 1 aliphatic heterocycles. The first-order chi connectivity index (χ1) is 12.5. The van der Waals surface area contributed by atoms with E-state index >= 15 is 0 Å². The first-order valence-electron chi connectivity index (χ1n) is 8.78. The van der Waals surface area contributed by atoms with Crippen LogP contribution in [0.5, 0.6) is 0 Å². The van der Waals surface area contributed by atoms with Crippen molar-refractivity contribution in [2.24, 2.45) is 7.05 Å². The number of rotatable bonds is 5. The van der Waals surface area contributed by atoms with Crippen LogP contribution in [0.1, 0.15) is 54.7 Å². The smallest absolute Gasteiger partial charge is 0.240 e. The minimum atomic E-state index is -0.779. The van der Waals surface area contributed by atoms with E-state index in [4.69, 9.17) is 4.52 Å². The maximum Gasteiger partial charge on any atom is 0.240 e. The molecule has 26 heavy (non-hydrogen) atoms. The molecule has 138 valence electrons. The number of aliphatic hydroxyl groups is 1. The molecule has 0 fully saturated rings. The van der Waals surface area contributed by atoms with Crippen LogP contribution < -0.4 is 0 Å². The van der Waals surface area contributed by atoms with E-state index in [-0.39, 0.29) is 5.92 Å². The van der Waals surface area contributed by atoms with Crippen molar-refractivity contribution >= 4 is 0 Å². The highest BCUT2D eigenvalue weighted by molar-refractivity contribution is 5.22. The lowest BCUT2D eigenvalue weighted by Gasteiger charge is -2.25. The maximum atomic E-state index is 10.6. The molecule has 0 aromatic carbocycles. The summed E-state index contributed by atoms with van der Waals surface area (Å²) in [7, 11) is 1.81. The molecule has 0 bridgehead atoms. The molecule has 0 radical (unpaired) electrons. The molecule has 9 nitrogen and oxygen atoms in total. The summed E-state index contributed by atoms with van der Waals surface area (Å²) in [5.41, 5.74) is 2.44. The van der Waals surface area contributed by atoms with Gasteiger partial charge >= 0.3 is 0 Å². The van der Waals surface area contributed by atoms with Crippen LogP contribution in [-0.4, -0.2) is 46.3 Å². The molecule has 9 heteroatoms. The molecule has 0 saturated carbocycles. The van der Waals surface area contributed by atoms with Crippen LogP contribution in [-0.2, 0) is 26.7 Å². The molecular weight excluding hydrogens is 334 g/mol. The molecule has 0 unspecified atom stereocenters. The molecule has 4 rings (SSSR count). The Kier molecular flexibility index (Phi) is 4.33. The van der Waals surface area contributed by atoms with E-state index in [1.807, 2.05) is 31.6 Å². The summed E-state index contributed by atoms with van der Waals surface area (Å²) in [6.07, 6.45) is 0.894. The largest absolute Gasteiger partial charge is 0.380 e. The second-order valence-corrected chi connectivity index (χ2v) is 6.98. The van der Waals surface area contributed by atoms with Crippen LogP contribution >= 0.6 is 0 Å². The third-order valence-electron chi connectivity index (χ3n) is 4.67. The third kappa shape index (κ3) is 3.15. The van der Waals surface area contributed by atoms with Crippen molar-refractivity contribution in [1.82, 2.24) is 34.6 Å². The summed E-state index contributed by atoms with van der Waals surface area (Å²) in [5.74, 6) is 1.63. The van der Waals surface area contributed by atoms with Gasteiger partial charge in [0, 0.05) is 32.3 Å². The van der Waals surface area contributed by atoms with Crippen molar-refractivity contribution in [3.05, 3.63) is 47.1 Å². The molecular formula is C17H23N7O2. The van der Waals surface area contributed by atoms with Gasteiger partial charge in [0.25, 0.3) is 0 Å². The second-order valence-electron chi connectivity index (χ2n) is 6.98. The van der Waals surface area contributed by atoms with Crippen LogP contribution in [0.3, 0.4) is 0 Å². The lowest BCUT2D eigenvalue weighted by molar-refractivity contribution is 0.178. The number of aromatic nitrogens is 6. The summed E-state index contributed by atoms with van der Waals surface area (Å²) in [4.78, 5) is 6.69. The first kappa shape index (κ1) is 16.9. The van der Waals surface area contributed by atoms with Gasteiger partial charge in [0.15, 0.2) is 5.82 Å². The molecule has 0 spiro atoms. The first-order valence-corrected chi connectivity index (χ1v) is 8.78. The fourth-order valence-electron chi connectivity index (χ4n) is 3.17. The Morgan fingerprint density at radius 1 is 1.31 bits per heavy atom. The predicted molar refractivity (Wildman–Crippen MR) is 92.0 cm³/mol. The van der Waals surface area contributed by atoms with Crippen LogP contribution in [0.4, 0.5) is 0 Å². The van der Waals surface area contributed by atoms with Gasteiger partial charge in [0.2, 0.25) is 5.89 Å². The topological polar surface area (TPSA) is 98.0 Å². The van der Waals surface area contributed by atoms with Gasteiger partial charge in [-0.05, 0) is 12.1 Å². The number of aliphatic hydroxyl groups excluding tert-OH is 1. The Hall–Kier alpha value is -2.52. The van der Waals surface area contributed by atoms with Crippen molar-refractivity contribution in [3.8, 4) is 0 Å². The van der Waals surface area contributed by atoms with Crippen LogP contribution in [0.15, 0.2) is 22.9 Å². The van der Waals surface area contributed by atoms with E-state index < -0.39 is 6.10 Å². The van der Waals surface area contributed by atoms with E-state index in [1.165, 1.54) is 0 Å². The Morgan fingerprint density at radius 2 is 2.15 bits per heavy atom. The highest BCUT2D eigenvalue weighted by Crippen LogP contribution is 2.24. The fourth-order valence-corrected chi connectivity index (χ4v) is 3.17. The van der Waals surface area contributed by atoms with Gasteiger partial charge < -0.3 is 9.63 Å². The Bertz CT molecular complexity index is 895. The molecule has 1 N–H and O–H groups in total. The molecule has 3 aromatic heterocycles. The summed E-state index contributed by atoms with van der Waals surface area (Å²) in [5, 5.41) is 23.3. The van der Waals surface area contributed by atoms with Gasteiger partial charge in [-0.3, -0.25) is 14.3 Å². The standard InChI is InChI=1S/C17H23N7O2/c1-11(2)17-19-15(26-21-17)10-23-6-7-24-12(9-23)8-13(20-24)16(25)14-4-5-18-22(14)3/h4-5,8,11,16,25H,6-7,9-10H2,1-3H3/t16-/m0/s1. The van der Waals surface area contributed by atoms with Crippen molar-refractivity contribution in [2.45, 2.75) is 45.5 Å². The molecule has 0 amide bonds. The Labute approximate surface area is 151 Å². The van der Waals surface area contributed by atoms with Gasteiger partial charge in [-0.15, -0.1) is 0 Å². The number of aryl methyl sites for hydroxylation is 1. The van der Waals surface area contributed by atoms with E-state index in [2.05, 4.69) is 25.2 Å². The molecule has 1 aliphatic rings. The summed E-state index contributed by atoms with van der Waals surface area (Å²) in [6, 6.07) is 3.76. The average Bonchev–Trinajstić information content (AvgIpc) is 3.33. The zero-order valence-corrected chi connectivity index (χ0v) is 15.2. The lowest BCUT2D eigenvalue weighted by atomic mass is 10.1. The normalized spacial score (nSPS) is 16.2. The van der Waals surface area contributed by atoms with Gasteiger partial charge in [-0.25, -0.2) is 0 Å². The van der Waals surface area contributed by atoms with E-state index in [1.54, 1.807) is 16.9 Å². The molecule has 4 heterocycles. The number of hydrogen-bond acceptors (Lipinski definition) is 7. The number of nitrogens with zero attached hydrogens (tertiary/aromatic N) is 7. The minimum Gasteiger partial charge on any atom is -0.380 e. The van der Waals surface area contributed by atoms with Crippen LogP contribution in [0, 0.1) is 0 Å². The molecule has 0 aliphatic carbocycles. The summed E-state index contributed by atoms with van der Waals surface area (Å²) >= 11 is 0. The predicted octanol–water partition coefficient (Wildman–Crippen LogP) is 1.22. The number of hydrogen-bond donors (Lipinski definition) is 1. The fraction of sp³-hybridized carbons (Fsp3) is 0.529. The van der Waals surface area contributed by atoms with Crippen molar-refractivity contribution in [1.29, 1.82) is 0 Å².